The summed E-state index contributed by atoms with van der Waals surface area (Å²) in [6, 6.07) is 2.47. The Labute approximate surface area is 267 Å². The van der Waals surface area contributed by atoms with E-state index in [4.69, 9.17) is 13.6 Å². The van der Waals surface area contributed by atoms with E-state index in [1.54, 1.807) is 0 Å². The number of hydrogen-bond acceptors (Lipinski definition) is 6. The molecule has 0 aliphatic heterocycles. The molecule has 2 radical (unpaired) electrons. The monoisotopic (exact) mass is 596 g/mol. The normalized spacial score (nSPS) is 27.0. The van der Waals surface area contributed by atoms with Gasteiger partial charge in [0.15, 0.2) is 5.78 Å². The molecule has 7 heteroatoms. The minimum absolute atomic E-state index is 0.0154. The van der Waals surface area contributed by atoms with Gasteiger partial charge in [-0.3, -0.25) is 4.79 Å². The molecule has 0 heterocycles. The molecule has 236 valence electrons. The van der Waals surface area contributed by atoms with Gasteiger partial charge in [-0.2, -0.15) is 0 Å². The standard InChI is InChI=1S/C37H53BN4O2/c1-13-15-26(14-2)40-24(9)41-28-17-29(42(11)12)27-16-25-18-36(10)33(19(3)4)35(44)31(23(8)39)21(6)37(36,38)22(7)32(25)34(43)30(27)20(28)5/h17,19,25-26,33,40-41,44H,6,8-9,13-16,18,39H2,1-5,7,10-12H3/t25?,26?,33-,36+,37-/m1/s1. The number of carbonyl (C=O) groups is 1. The molecule has 6 nitrogen and oxygen atoms in total. The first kappa shape index (κ1) is 33.5. The number of carbonyl (C=O) groups excluding carboxylic acids is 1. The first-order valence-electron chi connectivity index (χ1n) is 16.2. The fraction of sp³-hybridized carbons (Fsp3) is 0.541. The van der Waals surface area contributed by atoms with E-state index >= 15 is 0 Å². The summed E-state index contributed by atoms with van der Waals surface area (Å²) in [5.41, 5.74) is 13.0. The Morgan fingerprint density at radius 3 is 2.41 bits per heavy atom. The maximum absolute atomic E-state index is 14.8. The summed E-state index contributed by atoms with van der Waals surface area (Å²) in [4.78, 5) is 16.9. The molecule has 1 aromatic rings. The second kappa shape index (κ2) is 11.9. The van der Waals surface area contributed by atoms with Gasteiger partial charge in [0.1, 0.15) is 5.76 Å². The van der Waals surface area contributed by atoms with Crippen molar-refractivity contribution in [3.8, 4) is 0 Å². The van der Waals surface area contributed by atoms with Crippen molar-refractivity contribution in [2.24, 2.45) is 28.9 Å². The number of ketones is 1. The number of aliphatic hydroxyl groups excluding tert-OH is 1. The van der Waals surface area contributed by atoms with E-state index < -0.39 is 10.7 Å². The highest BCUT2D eigenvalue weighted by atomic mass is 16.3. The molecule has 3 aliphatic carbocycles. The smallest absolute Gasteiger partial charge is 0.189 e. The van der Waals surface area contributed by atoms with Gasteiger partial charge in [0, 0.05) is 59.8 Å². The highest BCUT2D eigenvalue weighted by molar-refractivity contribution is 6.24. The average molecular weight is 597 g/mol. The van der Waals surface area contributed by atoms with E-state index in [0.29, 0.717) is 30.0 Å². The van der Waals surface area contributed by atoms with Crippen molar-refractivity contribution in [3.63, 3.8) is 0 Å². The van der Waals surface area contributed by atoms with E-state index in [1.807, 2.05) is 27.9 Å². The van der Waals surface area contributed by atoms with Crippen LogP contribution in [0.2, 0.25) is 5.31 Å². The molecule has 0 saturated heterocycles. The van der Waals surface area contributed by atoms with Crippen molar-refractivity contribution in [3.05, 3.63) is 82.1 Å². The predicted molar refractivity (Wildman–Crippen MR) is 186 cm³/mol. The van der Waals surface area contributed by atoms with Crippen molar-refractivity contribution in [2.75, 3.05) is 24.3 Å². The van der Waals surface area contributed by atoms with Gasteiger partial charge in [-0.25, -0.2) is 0 Å². The van der Waals surface area contributed by atoms with E-state index in [9.17, 15) is 9.90 Å². The Balaban J connectivity index is 1.90. The summed E-state index contributed by atoms with van der Waals surface area (Å²) in [5, 5.41) is 17.6. The summed E-state index contributed by atoms with van der Waals surface area (Å²) in [7, 11) is 11.5. The van der Waals surface area contributed by atoms with Crippen LogP contribution in [0.25, 0.3) is 0 Å². The molecule has 0 spiro atoms. The second-order valence-corrected chi connectivity index (χ2v) is 14.1. The molecule has 44 heavy (non-hydrogen) atoms. The molecule has 0 fully saturated rings. The third-order valence-corrected chi connectivity index (χ3v) is 10.8. The Morgan fingerprint density at radius 1 is 1.25 bits per heavy atom. The fourth-order valence-corrected chi connectivity index (χ4v) is 8.83. The number of benzene rings is 1. The summed E-state index contributed by atoms with van der Waals surface area (Å²) in [5.74, 6) is 0.699. The number of Topliss-reactive ketones (excluding diaryl/α,β-unsaturated/α-hetero) is 1. The average Bonchev–Trinajstić information content (AvgIpc) is 2.91. The van der Waals surface area contributed by atoms with Gasteiger partial charge in [-0.05, 0) is 84.9 Å². The lowest BCUT2D eigenvalue weighted by Crippen LogP contribution is -2.54. The Bertz CT molecular complexity index is 1480. The molecule has 3 aliphatic rings. The third kappa shape index (κ3) is 4.91. The van der Waals surface area contributed by atoms with E-state index in [2.05, 4.69) is 76.0 Å². The largest absolute Gasteiger partial charge is 0.511 e. The molecule has 5 N–H and O–H groups in total. The molecular weight excluding hydrogens is 543 g/mol. The van der Waals surface area contributed by atoms with Crippen LogP contribution in [-0.4, -0.2) is 38.9 Å². The fourth-order valence-electron chi connectivity index (χ4n) is 8.83. The summed E-state index contributed by atoms with van der Waals surface area (Å²) in [6.07, 6.45) is 4.50. The first-order chi connectivity index (χ1) is 20.5. The maximum atomic E-state index is 14.8. The number of fused-ring (bicyclic) bond motifs is 3. The molecule has 5 atom stereocenters. The van der Waals surface area contributed by atoms with Crippen LogP contribution in [0.1, 0.15) is 88.7 Å². The van der Waals surface area contributed by atoms with Gasteiger partial charge < -0.3 is 26.4 Å². The lowest BCUT2D eigenvalue weighted by atomic mass is 9.35. The Hall–Kier alpha value is -3.35. The van der Waals surface area contributed by atoms with Crippen molar-refractivity contribution >= 4 is 25.0 Å². The van der Waals surface area contributed by atoms with Crippen LogP contribution in [0.15, 0.2) is 65.4 Å². The van der Waals surface area contributed by atoms with E-state index in [0.717, 1.165) is 64.3 Å². The topological polar surface area (TPSA) is 90.6 Å². The molecule has 0 amide bonds. The summed E-state index contributed by atoms with van der Waals surface area (Å²) >= 11 is 0. The number of allylic oxidation sites excluding steroid dienone is 4. The van der Waals surface area contributed by atoms with Gasteiger partial charge in [0.05, 0.1) is 13.7 Å². The molecule has 0 bridgehead atoms. The number of nitrogens with one attached hydrogen (secondary N) is 2. The Morgan fingerprint density at radius 2 is 1.89 bits per heavy atom. The van der Waals surface area contributed by atoms with Crippen molar-refractivity contribution < 1.29 is 9.90 Å². The van der Waals surface area contributed by atoms with Gasteiger partial charge in [0.25, 0.3) is 0 Å². The van der Waals surface area contributed by atoms with Crippen molar-refractivity contribution in [2.45, 2.75) is 91.9 Å². The van der Waals surface area contributed by atoms with Crippen molar-refractivity contribution in [1.82, 2.24) is 5.32 Å². The van der Waals surface area contributed by atoms with Crippen LogP contribution >= 0.6 is 0 Å². The zero-order chi connectivity index (χ0) is 33.0. The zero-order valence-electron chi connectivity index (χ0n) is 28.5. The number of nitrogens with two attached hydrogens (primary N) is 1. The number of aliphatic hydroxyl groups is 1. The maximum Gasteiger partial charge on any atom is 0.189 e. The molecule has 0 saturated carbocycles. The first-order valence-corrected chi connectivity index (χ1v) is 16.2. The minimum Gasteiger partial charge on any atom is -0.511 e. The summed E-state index contributed by atoms with van der Waals surface area (Å²) in [6.45, 7) is 27.3. The summed E-state index contributed by atoms with van der Waals surface area (Å²) < 4.78 is 0. The van der Waals surface area contributed by atoms with Gasteiger partial charge in [-0.15, -0.1) is 0 Å². The van der Waals surface area contributed by atoms with Crippen LogP contribution in [0.5, 0.6) is 0 Å². The van der Waals surface area contributed by atoms with Crippen molar-refractivity contribution in [1.29, 1.82) is 0 Å². The van der Waals surface area contributed by atoms with Crippen LogP contribution in [0.3, 0.4) is 0 Å². The highest BCUT2D eigenvalue weighted by Crippen LogP contribution is 2.71. The third-order valence-electron chi connectivity index (χ3n) is 10.8. The predicted octanol–water partition coefficient (Wildman–Crippen LogP) is 7.65. The number of hydrogen-bond donors (Lipinski definition) is 4. The van der Waals surface area contributed by atoms with E-state index in [-0.39, 0.29) is 35.0 Å². The molecule has 0 aromatic heterocycles. The van der Waals surface area contributed by atoms with Crippen LogP contribution in [-0.2, 0) is 6.42 Å². The van der Waals surface area contributed by atoms with Gasteiger partial charge in [-0.1, -0.05) is 66.3 Å². The van der Waals surface area contributed by atoms with E-state index in [1.165, 1.54) is 0 Å². The lowest BCUT2D eigenvalue weighted by molar-refractivity contribution is 0.0466. The van der Waals surface area contributed by atoms with Crippen LogP contribution < -0.4 is 21.3 Å². The number of rotatable bonds is 10. The lowest BCUT2D eigenvalue weighted by Gasteiger charge is -2.62. The van der Waals surface area contributed by atoms with Crippen LogP contribution in [0, 0.1) is 30.1 Å². The van der Waals surface area contributed by atoms with Crippen LogP contribution in [0.4, 0.5) is 11.4 Å². The number of anilines is 2. The minimum atomic E-state index is -1.08. The Kier molecular flexibility index (Phi) is 9.05. The molecule has 4 rings (SSSR count). The quantitative estimate of drug-likeness (QED) is 0.208. The van der Waals surface area contributed by atoms with Gasteiger partial charge >= 0.3 is 0 Å². The molecule has 1 aromatic carbocycles. The molecular formula is C37H53BN4O2. The number of nitrogens with zero attached hydrogens (tertiary/aromatic N) is 1. The highest BCUT2D eigenvalue weighted by Gasteiger charge is 2.62. The second-order valence-electron chi connectivity index (χ2n) is 14.1. The van der Waals surface area contributed by atoms with Gasteiger partial charge in [0.2, 0.25) is 0 Å². The molecule has 2 unspecified atom stereocenters. The zero-order valence-corrected chi connectivity index (χ0v) is 28.5. The SMILES string of the molecule is [B][C@@]12C(=C)C(C(=C)N)=C(O)[C@@H](C(C)C)[C@]1(C)CC1Cc3c(N(C)C)cc(NC(=C)NC(CC)CCC)c(C)c3C(=O)C1=C2C.